The monoisotopic (exact) mass is 262 g/mol. The predicted octanol–water partition coefficient (Wildman–Crippen LogP) is 2.64. The maximum absolute atomic E-state index is 5.49. The molecule has 2 rings (SSSR count). The Morgan fingerprint density at radius 3 is 2.74 bits per heavy atom. The highest BCUT2D eigenvalue weighted by molar-refractivity contribution is 5.37. The van der Waals surface area contributed by atoms with Crippen molar-refractivity contribution in [1.82, 2.24) is 10.2 Å². The van der Waals surface area contributed by atoms with Crippen molar-refractivity contribution < 1.29 is 4.74 Å². The second kappa shape index (κ2) is 6.40. The first-order valence-corrected chi connectivity index (χ1v) is 7.16. The highest BCUT2D eigenvalue weighted by Crippen LogP contribution is 2.35. The molecule has 1 saturated carbocycles. The van der Waals surface area contributed by atoms with Crippen LogP contribution >= 0.6 is 0 Å². The third-order valence-electron chi connectivity index (χ3n) is 4.14. The van der Waals surface area contributed by atoms with Crippen LogP contribution in [0.25, 0.3) is 0 Å². The number of nitrogens with zero attached hydrogens (tertiary/aromatic N) is 1. The smallest absolute Gasteiger partial charge is 0.123 e. The molecule has 1 aromatic rings. The number of nitrogens with one attached hydrogen (secondary N) is 1. The van der Waals surface area contributed by atoms with Crippen LogP contribution < -0.4 is 10.1 Å². The molecule has 1 aromatic carbocycles. The molecule has 0 aromatic heterocycles. The lowest BCUT2D eigenvalue weighted by Gasteiger charge is -2.25. The molecule has 1 fully saturated rings. The molecule has 1 aliphatic rings. The molecule has 0 bridgehead atoms. The number of rotatable bonds is 7. The molecule has 3 nitrogen and oxygen atoms in total. The maximum Gasteiger partial charge on any atom is 0.123 e. The zero-order chi connectivity index (χ0) is 13.8. The molecule has 1 aliphatic carbocycles. The number of methoxy groups -OCH3 is 1. The van der Waals surface area contributed by atoms with E-state index in [4.69, 9.17) is 4.74 Å². The van der Waals surface area contributed by atoms with Gasteiger partial charge in [0.05, 0.1) is 7.11 Å². The molecular weight excluding hydrogens is 236 g/mol. The van der Waals surface area contributed by atoms with Gasteiger partial charge in [-0.25, -0.2) is 0 Å². The van der Waals surface area contributed by atoms with Gasteiger partial charge in [-0.05, 0) is 57.5 Å². The Kier molecular flexibility index (Phi) is 4.83. The Morgan fingerprint density at radius 1 is 1.42 bits per heavy atom. The molecule has 106 valence electrons. The van der Waals surface area contributed by atoms with Crippen molar-refractivity contribution in [1.29, 1.82) is 0 Å². The Hall–Kier alpha value is -1.06. The van der Waals surface area contributed by atoms with Crippen molar-refractivity contribution in [2.75, 3.05) is 21.2 Å². The van der Waals surface area contributed by atoms with Gasteiger partial charge < -0.3 is 10.1 Å². The number of ether oxygens (including phenoxy) is 1. The van der Waals surface area contributed by atoms with Gasteiger partial charge in [-0.2, -0.15) is 0 Å². The van der Waals surface area contributed by atoms with Gasteiger partial charge in [0.25, 0.3) is 0 Å². The summed E-state index contributed by atoms with van der Waals surface area (Å²) in [5.74, 6) is 1.89. The normalized spacial score (nSPS) is 16.7. The summed E-state index contributed by atoms with van der Waals surface area (Å²) < 4.78 is 5.49. The second-order valence-corrected chi connectivity index (χ2v) is 5.67. The van der Waals surface area contributed by atoms with Crippen LogP contribution in [0.5, 0.6) is 5.75 Å². The lowest BCUT2D eigenvalue weighted by Crippen LogP contribution is -2.30. The summed E-state index contributed by atoms with van der Waals surface area (Å²) in [7, 11) is 5.94. The van der Waals surface area contributed by atoms with Gasteiger partial charge in [0.1, 0.15) is 5.75 Å². The number of hydrogen-bond donors (Lipinski definition) is 1. The maximum atomic E-state index is 5.49. The van der Waals surface area contributed by atoms with Gasteiger partial charge in [0, 0.05) is 24.7 Å². The predicted molar refractivity (Wildman–Crippen MR) is 79.4 cm³/mol. The van der Waals surface area contributed by atoms with Crippen LogP contribution in [-0.2, 0) is 13.1 Å². The Labute approximate surface area is 116 Å². The SMILES string of the molecule is CNCc1ccc(OC)c(CN(C)C(C)C2CC2)c1. The number of hydrogen-bond acceptors (Lipinski definition) is 3. The van der Waals surface area contributed by atoms with E-state index >= 15 is 0 Å². The molecule has 0 saturated heterocycles. The zero-order valence-electron chi connectivity index (χ0n) is 12.6. The molecule has 1 N–H and O–H groups in total. The Bertz CT molecular complexity index is 415. The van der Waals surface area contributed by atoms with Gasteiger partial charge in [0.15, 0.2) is 0 Å². The standard InChI is InChI=1S/C16H26N2O/c1-12(14-6-7-14)18(3)11-15-9-13(10-17-2)5-8-16(15)19-4/h5,8-9,12,14,17H,6-7,10-11H2,1-4H3. The van der Waals surface area contributed by atoms with Crippen molar-refractivity contribution in [2.45, 2.75) is 38.9 Å². The molecule has 0 spiro atoms. The van der Waals surface area contributed by atoms with Gasteiger partial charge in [0.2, 0.25) is 0 Å². The van der Waals surface area contributed by atoms with E-state index in [-0.39, 0.29) is 0 Å². The molecule has 0 radical (unpaired) electrons. The van der Waals surface area contributed by atoms with Crippen LogP contribution in [0.3, 0.4) is 0 Å². The highest BCUT2D eigenvalue weighted by Gasteiger charge is 2.30. The van der Waals surface area contributed by atoms with Gasteiger partial charge in [-0.15, -0.1) is 0 Å². The van der Waals surface area contributed by atoms with E-state index in [1.807, 2.05) is 7.05 Å². The highest BCUT2D eigenvalue weighted by atomic mass is 16.5. The van der Waals surface area contributed by atoms with Crippen molar-refractivity contribution in [3.63, 3.8) is 0 Å². The lowest BCUT2D eigenvalue weighted by molar-refractivity contribution is 0.223. The average Bonchev–Trinajstić information content (AvgIpc) is 3.23. The Balaban J connectivity index is 2.09. The van der Waals surface area contributed by atoms with Crippen LogP contribution in [0.2, 0.25) is 0 Å². The first-order chi connectivity index (χ1) is 9.15. The summed E-state index contributed by atoms with van der Waals surface area (Å²) >= 11 is 0. The van der Waals surface area contributed by atoms with Crippen molar-refractivity contribution in [3.8, 4) is 5.75 Å². The van der Waals surface area contributed by atoms with Crippen LogP contribution in [0, 0.1) is 5.92 Å². The molecule has 19 heavy (non-hydrogen) atoms. The van der Waals surface area contributed by atoms with E-state index in [0.717, 1.165) is 24.8 Å². The Morgan fingerprint density at radius 2 is 2.16 bits per heavy atom. The molecule has 0 aliphatic heterocycles. The van der Waals surface area contributed by atoms with E-state index in [2.05, 4.69) is 42.4 Å². The molecule has 3 heteroatoms. The van der Waals surface area contributed by atoms with Gasteiger partial charge in [-0.3, -0.25) is 4.90 Å². The van der Waals surface area contributed by atoms with E-state index in [0.29, 0.717) is 6.04 Å². The number of benzene rings is 1. The van der Waals surface area contributed by atoms with Crippen molar-refractivity contribution in [2.24, 2.45) is 5.92 Å². The van der Waals surface area contributed by atoms with E-state index in [9.17, 15) is 0 Å². The molecule has 0 heterocycles. The fourth-order valence-corrected chi connectivity index (χ4v) is 2.62. The van der Waals surface area contributed by atoms with Crippen LogP contribution in [0.1, 0.15) is 30.9 Å². The van der Waals surface area contributed by atoms with E-state index in [1.165, 1.54) is 24.0 Å². The van der Waals surface area contributed by atoms with E-state index in [1.54, 1.807) is 7.11 Å². The summed E-state index contributed by atoms with van der Waals surface area (Å²) in [4.78, 5) is 2.44. The van der Waals surface area contributed by atoms with E-state index < -0.39 is 0 Å². The first-order valence-electron chi connectivity index (χ1n) is 7.16. The summed E-state index contributed by atoms with van der Waals surface area (Å²) in [6, 6.07) is 7.13. The molecule has 0 amide bonds. The first kappa shape index (κ1) is 14.4. The minimum atomic E-state index is 0.665. The topological polar surface area (TPSA) is 24.5 Å². The fraction of sp³-hybridized carbons (Fsp3) is 0.625. The minimum Gasteiger partial charge on any atom is -0.496 e. The summed E-state index contributed by atoms with van der Waals surface area (Å²) in [5.41, 5.74) is 2.59. The lowest BCUT2D eigenvalue weighted by atomic mass is 10.1. The van der Waals surface area contributed by atoms with Crippen LogP contribution in [-0.4, -0.2) is 32.1 Å². The fourth-order valence-electron chi connectivity index (χ4n) is 2.62. The summed E-state index contributed by atoms with van der Waals surface area (Å²) in [6.45, 7) is 4.19. The molecule has 1 unspecified atom stereocenters. The third-order valence-corrected chi connectivity index (χ3v) is 4.14. The zero-order valence-corrected chi connectivity index (χ0v) is 12.6. The third kappa shape index (κ3) is 3.71. The quantitative estimate of drug-likeness (QED) is 0.817. The summed E-state index contributed by atoms with van der Waals surface area (Å²) in [5, 5.41) is 3.20. The minimum absolute atomic E-state index is 0.665. The summed E-state index contributed by atoms with van der Waals surface area (Å²) in [6.07, 6.45) is 2.78. The second-order valence-electron chi connectivity index (χ2n) is 5.67. The average molecular weight is 262 g/mol. The van der Waals surface area contributed by atoms with Gasteiger partial charge >= 0.3 is 0 Å². The largest absolute Gasteiger partial charge is 0.496 e. The van der Waals surface area contributed by atoms with Crippen LogP contribution in [0.4, 0.5) is 0 Å². The van der Waals surface area contributed by atoms with Crippen molar-refractivity contribution in [3.05, 3.63) is 29.3 Å². The molecular formula is C16H26N2O. The van der Waals surface area contributed by atoms with Gasteiger partial charge in [-0.1, -0.05) is 6.07 Å². The van der Waals surface area contributed by atoms with Crippen molar-refractivity contribution >= 4 is 0 Å². The van der Waals surface area contributed by atoms with Crippen LogP contribution in [0.15, 0.2) is 18.2 Å². The molecule has 1 atom stereocenters.